The smallest absolute Gasteiger partial charge is 0.268 e. The molecule has 0 fully saturated rings. The maximum absolute atomic E-state index is 10.5. The third-order valence-electron chi connectivity index (χ3n) is 1.89. The minimum Gasteiger partial charge on any atom is -0.492 e. The Kier molecular flexibility index (Phi) is 4.59. The van der Waals surface area contributed by atoms with Gasteiger partial charge in [-0.2, -0.15) is 8.42 Å². The predicted molar refractivity (Wildman–Crippen MR) is 63.9 cm³/mol. The molecule has 0 heterocycles. The fourth-order valence-electron chi connectivity index (χ4n) is 1.15. The number of nitrogen functional groups attached to an aromatic ring is 1. The van der Waals surface area contributed by atoms with E-state index in [4.69, 9.17) is 19.8 Å². The first-order valence-corrected chi connectivity index (χ1v) is 6.63. The second-order valence-corrected chi connectivity index (χ2v) is 4.84. The molecule has 1 rings (SSSR count). The zero-order chi connectivity index (χ0) is 12.9. The number of hydrogen-bond donors (Lipinski definition) is 2. The summed E-state index contributed by atoms with van der Waals surface area (Å²) in [5, 5.41) is 0. The maximum Gasteiger partial charge on any atom is 0.268 e. The van der Waals surface area contributed by atoms with E-state index in [9.17, 15) is 8.42 Å². The van der Waals surface area contributed by atoms with Gasteiger partial charge in [0.2, 0.25) is 0 Å². The molecule has 0 unspecified atom stereocenters. The van der Waals surface area contributed by atoms with Crippen molar-refractivity contribution in [2.75, 3.05) is 24.7 Å². The number of benzene rings is 1. The van der Waals surface area contributed by atoms with Gasteiger partial charge in [-0.1, -0.05) is 0 Å². The highest BCUT2D eigenvalue weighted by Crippen LogP contribution is 2.26. The topological polar surface area (TPSA) is 98.8 Å². The molecule has 0 aromatic heterocycles. The lowest BCUT2D eigenvalue weighted by atomic mass is 10.3. The molecule has 1 aromatic carbocycles. The minimum atomic E-state index is -4.00. The molecule has 0 aliphatic rings. The van der Waals surface area contributed by atoms with E-state index in [1.165, 1.54) is 0 Å². The van der Waals surface area contributed by atoms with E-state index in [1.54, 1.807) is 18.2 Å². The molecule has 0 saturated carbocycles. The molecule has 0 aliphatic carbocycles. The van der Waals surface area contributed by atoms with Crippen molar-refractivity contribution >= 4 is 15.8 Å². The summed E-state index contributed by atoms with van der Waals surface area (Å²) in [6, 6.07) is 4.78. The van der Waals surface area contributed by atoms with E-state index in [-0.39, 0.29) is 6.61 Å². The van der Waals surface area contributed by atoms with Crippen molar-refractivity contribution in [1.82, 2.24) is 0 Å². The van der Waals surface area contributed by atoms with Crippen LogP contribution in [-0.2, 0) is 10.1 Å². The fraction of sp³-hybridized carbons (Fsp3) is 0.400. The third kappa shape index (κ3) is 4.92. The summed E-state index contributed by atoms with van der Waals surface area (Å²) < 4.78 is 39.9. The normalized spacial score (nSPS) is 11.2. The quantitative estimate of drug-likeness (QED) is 0.584. The van der Waals surface area contributed by atoms with Gasteiger partial charge in [0.15, 0.2) is 0 Å². The third-order valence-corrected chi connectivity index (χ3v) is 2.58. The van der Waals surface area contributed by atoms with Gasteiger partial charge >= 0.3 is 0 Å². The summed E-state index contributed by atoms with van der Waals surface area (Å²) in [7, 11) is -4.00. The molecule has 0 spiro atoms. The van der Waals surface area contributed by atoms with Crippen molar-refractivity contribution in [3.8, 4) is 11.5 Å². The van der Waals surface area contributed by atoms with Gasteiger partial charge in [0.05, 0.1) is 12.3 Å². The Morgan fingerprint density at radius 2 is 2.06 bits per heavy atom. The van der Waals surface area contributed by atoms with Crippen molar-refractivity contribution in [1.29, 1.82) is 0 Å². The van der Waals surface area contributed by atoms with E-state index in [0.29, 0.717) is 23.8 Å². The van der Waals surface area contributed by atoms with Crippen LogP contribution in [0.5, 0.6) is 11.5 Å². The van der Waals surface area contributed by atoms with Crippen molar-refractivity contribution < 1.29 is 22.4 Å². The monoisotopic (exact) mass is 261 g/mol. The molecule has 0 amide bonds. The standard InChI is InChI=1S/C10H15NO5S/c1-2-15-10-7-8(3-4-9(10)11)16-5-6-17(12,13)14/h3-4,7H,2,5-6,11H2,1H3,(H,12,13,14). The molecule has 0 aliphatic heterocycles. The molecule has 3 N–H and O–H groups in total. The number of hydrogen-bond acceptors (Lipinski definition) is 5. The highest BCUT2D eigenvalue weighted by Gasteiger charge is 2.06. The van der Waals surface area contributed by atoms with Crippen LogP contribution in [-0.4, -0.2) is 31.9 Å². The Morgan fingerprint density at radius 1 is 1.35 bits per heavy atom. The predicted octanol–water partition coefficient (Wildman–Crippen LogP) is 0.934. The molecule has 1 aromatic rings. The fourth-order valence-corrected chi connectivity index (χ4v) is 1.44. The molecule has 0 radical (unpaired) electrons. The van der Waals surface area contributed by atoms with Crippen molar-refractivity contribution in [3.05, 3.63) is 18.2 Å². The Hall–Kier alpha value is -1.47. The summed E-state index contributed by atoms with van der Waals surface area (Å²) >= 11 is 0. The maximum atomic E-state index is 10.5. The van der Waals surface area contributed by atoms with Gasteiger partial charge < -0.3 is 15.2 Å². The molecule has 6 nitrogen and oxygen atoms in total. The molecule has 0 atom stereocenters. The van der Waals surface area contributed by atoms with Gasteiger partial charge in [0.1, 0.15) is 23.9 Å². The van der Waals surface area contributed by atoms with Gasteiger partial charge in [-0.3, -0.25) is 4.55 Å². The van der Waals surface area contributed by atoms with E-state index in [0.717, 1.165) is 0 Å². The molecular formula is C10H15NO5S. The molecule has 7 heteroatoms. The van der Waals surface area contributed by atoms with Crippen LogP contribution in [0.3, 0.4) is 0 Å². The molecular weight excluding hydrogens is 246 g/mol. The zero-order valence-corrected chi connectivity index (χ0v) is 10.2. The van der Waals surface area contributed by atoms with Gasteiger partial charge in [-0.15, -0.1) is 0 Å². The Morgan fingerprint density at radius 3 is 2.65 bits per heavy atom. The first-order valence-electron chi connectivity index (χ1n) is 5.02. The molecule has 96 valence electrons. The first-order chi connectivity index (χ1) is 7.92. The van der Waals surface area contributed by atoms with Gasteiger partial charge in [0.25, 0.3) is 10.1 Å². The first kappa shape index (κ1) is 13.6. The van der Waals surface area contributed by atoms with Crippen LogP contribution in [0.4, 0.5) is 5.69 Å². The lowest BCUT2D eigenvalue weighted by molar-refractivity contribution is 0.322. The van der Waals surface area contributed by atoms with Crippen LogP contribution in [0.1, 0.15) is 6.92 Å². The van der Waals surface area contributed by atoms with Crippen LogP contribution >= 0.6 is 0 Å². The van der Waals surface area contributed by atoms with Crippen LogP contribution < -0.4 is 15.2 Å². The van der Waals surface area contributed by atoms with Crippen LogP contribution in [0, 0.1) is 0 Å². The Balaban J connectivity index is 2.63. The Bertz CT molecular complexity index is 472. The summed E-state index contributed by atoms with van der Waals surface area (Å²) in [5.41, 5.74) is 6.14. The van der Waals surface area contributed by atoms with Gasteiger partial charge in [0, 0.05) is 6.07 Å². The minimum absolute atomic E-state index is 0.131. The van der Waals surface area contributed by atoms with E-state index in [1.807, 2.05) is 6.92 Å². The SMILES string of the molecule is CCOc1cc(OCCS(=O)(=O)O)ccc1N. The highest BCUT2D eigenvalue weighted by atomic mass is 32.2. The van der Waals surface area contributed by atoms with E-state index < -0.39 is 15.9 Å². The highest BCUT2D eigenvalue weighted by molar-refractivity contribution is 7.85. The van der Waals surface area contributed by atoms with E-state index in [2.05, 4.69) is 0 Å². The largest absolute Gasteiger partial charge is 0.492 e. The second kappa shape index (κ2) is 5.74. The summed E-state index contributed by atoms with van der Waals surface area (Å²) in [6.45, 7) is 2.16. The molecule has 0 bridgehead atoms. The molecule has 17 heavy (non-hydrogen) atoms. The lowest BCUT2D eigenvalue weighted by Gasteiger charge is -2.10. The number of anilines is 1. The lowest BCUT2D eigenvalue weighted by Crippen LogP contribution is -2.12. The second-order valence-electron chi connectivity index (χ2n) is 3.27. The average Bonchev–Trinajstić information content (AvgIpc) is 2.21. The average molecular weight is 261 g/mol. The number of ether oxygens (including phenoxy) is 2. The van der Waals surface area contributed by atoms with Gasteiger partial charge in [-0.25, -0.2) is 0 Å². The summed E-state index contributed by atoms with van der Waals surface area (Å²) in [5.74, 6) is 0.463. The van der Waals surface area contributed by atoms with E-state index >= 15 is 0 Å². The van der Waals surface area contributed by atoms with Crippen LogP contribution in [0.2, 0.25) is 0 Å². The van der Waals surface area contributed by atoms with Gasteiger partial charge in [-0.05, 0) is 19.1 Å². The molecule has 0 saturated heterocycles. The van der Waals surface area contributed by atoms with Crippen molar-refractivity contribution in [2.45, 2.75) is 6.92 Å². The van der Waals surface area contributed by atoms with Crippen LogP contribution in [0.25, 0.3) is 0 Å². The van der Waals surface area contributed by atoms with Crippen molar-refractivity contribution in [3.63, 3.8) is 0 Å². The number of nitrogens with two attached hydrogens (primary N) is 1. The summed E-state index contributed by atoms with van der Waals surface area (Å²) in [4.78, 5) is 0. The number of rotatable bonds is 6. The van der Waals surface area contributed by atoms with Crippen molar-refractivity contribution in [2.24, 2.45) is 0 Å². The Labute approximate surface area is 100 Å². The zero-order valence-electron chi connectivity index (χ0n) is 9.42. The van der Waals surface area contributed by atoms with Crippen LogP contribution in [0.15, 0.2) is 18.2 Å². The summed E-state index contributed by atoms with van der Waals surface area (Å²) in [6.07, 6.45) is 0.